The van der Waals surface area contributed by atoms with E-state index in [-0.39, 0.29) is 0 Å². The molecule has 0 amide bonds. The average Bonchev–Trinajstić information content (AvgIpc) is 2.25. The van der Waals surface area contributed by atoms with Crippen LogP contribution in [-0.2, 0) is 4.74 Å². The molecular formula is C13H28N2O. The molecule has 1 heterocycles. The van der Waals surface area contributed by atoms with Crippen LogP contribution >= 0.6 is 0 Å². The van der Waals surface area contributed by atoms with Crippen molar-refractivity contribution in [1.82, 2.24) is 10.2 Å². The van der Waals surface area contributed by atoms with E-state index in [4.69, 9.17) is 4.74 Å². The van der Waals surface area contributed by atoms with Crippen molar-refractivity contribution in [2.24, 2.45) is 5.41 Å². The first-order valence-corrected chi connectivity index (χ1v) is 6.52. The molecule has 0 bridgehead atoms. The van der Waals surface area contributed by atoms with Crippen molar-refractivity contribution in [3.63, 3.8) is 0 Å². The number of hydrogen-bond acceptors (Lipinski definition) is 3. The lowest BCUT2D eigenvalue weighted by molar-refractivity contribution is 0.0235. The van der Waals surface area contributed by atoms with Crippen LogP contribution in [0.2, 0.25) is 0 Å². The van der Waals surface area contributed by atoms with Crippen LogP contribution < -0.4 is 5.32 Å². The van der Waals surface area contributed by atoms with Gasteiger partial charge in [-0.1, -0.05) is 13.8 Å². The largest absolute Gasteiger partial charge is 0.381 e. The molecule has 3 heteroatoms. The molecule has 1 atom stereocenters. The third kappa shape index (κ3) is 4.40. The summed E-state index contributed by atoms with van der Waals surface area (Å²) in [6, 6.07) is 0.656. The highest BCUT2D eigenvalue weighted by Gasteiger charge is 2.26. The molecule has 0 spiro atoms. The zero-order chi connectivity index (χ0) is 12.0. The minimum atomic E-state index is 0.447. The fourth-order valence-electron chi connectivity index (χ4n) is 2.27. The third-order valence-corrected chi connectivity index (χ3v) is 3.83. The van der Waals surface area contributed by atoms with E-state index in [0.717, 1.165) is 26.3 Å². The SMILES string of the molecule is CCC(CNCC1(C)CCOCC1)N(C)C. The molecule has 1 aliphatic rings. The van der Waals surface area contributed by atoms with E-state index in [1.165, 1.54) is 19.3 Å². The molecule has 1 fully saturated rings. The van der Waals surface area contributed by atoms with Crippen LogP contribution in [0, 0.1) is 5.41 Å². The predicted octanol–water partition coefficient (Wildman–Crippen LogP) is 1.73. The molecule has 3 nitrogen and oxygen atoms in total. The van der Waals surface area contributed by atoms with Crippen LogP contribution in [0.3, 0.4) is 0 Å². The fraction of sp³-hybridized carbons (Fsp3) is 1.00. The highest BCUT2D eigenvalue weighted by molar-refractivity contribution is 4.80. The molecule has 1 unspecified atom stereocenters. The summed E-state index contributed by atoms with van der Waals surface area (Å²) in [6.07, 6.45) is 3.59. The van der Waals surface area contributed by atoms with Crippen molar-refractivity contribution in [1.29, 1.82) is 0 Å². The summed E-state index contributed by atoms with van der Waals surface area (Å²) in [5.41, 5.74) is 0.447. The van der Waals surface area contributed by atoms with Gasteiger partial charge in [0.1, 0.15) is 0 Å². The lowest BCUT2D eigenvalue weighted by atomic mass is 9.82. The maximum absolute atomic E-state index is 5.42. The third-order valence-electron chi connectivity index (χ3n) is 3.83. The Hall–Kier alpha value is -0.120. The Labute approximate surface area is 101 Å². The van der Waals surface area contributed by atoms with Gasteiger partial charge < -0.3 is 15.0 Å². The maximum atomic E-state index is 5.42. The second-order valence-electron chi connectivity index (χ2n) is 5.58. The van der Waals surface area contributed by atoms with E-state index in [1.807, 2.05) is 0 Å². The number of rotatable bonds is 6. The van der Waals surface area contributed by atoms with E-state index < -0.39 is 0 Å². The lowest BCUT2D eigenvalue weighted by Crippen LogP contribution is -2.43. The zero-order valence-electron chi connectivity index (χ0n) is 11.4. The van der Waals surface area contributed by atoms with Gasteiger partial charge in [0.15, 0.2) is 0 Å². The van der Waals surface area contributed by atoms with Gasteiger partial charge in [0.05, 0.1) is 0 Å². The van der Waals surface area contributed by atoms with Crippen molar-refractivity contribution in [2.75, 3.05) is 40.4 Å². The minimum absolute atomic E-state index is 0.447. The molecule has 0 aliphatic carbocycles. The van der Waals surface area contributed by atoms with Crippen molar-refractivity contribution in [2.45, 2.75) is 39.2 Å². The van der Waals surface area contributed by atoms with Crippen LogP contribution in [0.25, 0.3) is 0 Å². The molecule has 16 heavy (non-hydrogen) atoms. The normalized spacial score (nSPS) is 22.3. The molecule has 96 valence electrons. The number of hydrogen-bond donors (Lipinski definition) is 1. The molecule has 1 aliphatic heterocycles. The monoisotopic (exact) mass is 228 g/mol. The van der Waals surface area contributed by atoms with Gasteiger partial charge in [0.25, 0.3) is 0 Å². The summed E-state index contributed by atoms with van der Waals surface area (Å²) < 4.78 is 5.42. The number of nitrogens with zero attached hydrogens (tertiary/aromatic N) is 1. The Morgan fingerprint density at radius 3 is 2.44 bits per heavy atom. The van der Waals surface area contributed by atoms with E-state index in [0.29, 0.717) is 11.5 Å². The summed E-state index contributed by atoms with van der Waals surface area (Å²) in [7, 11) is 4.32. The molecule has 1 N–H and O–H groups in total. The van der Waals surface area contributed by atoms with E-state index in [9.17, 15) is 0 Å². The van der Waals surface area contributed by atoms with Gasteiger partial charge in [0, 0.05) is 32.3 Å². The molecule has 1 saturated heterocycles. The van der Waals surface area contributed by atoms with Crippen molar-refractivity contribution in [3.05, 3.63) is 0 Å². The standard InChI is InChI=1S/C13H28N2O/c1-5-12(15(3)4)10-14-11-13(2)6-8-16-9-7-13/h12,14H,5-11H2,1-4H3. The predicted molar refractivity (Wildman–Crippen MR) is 68.8 cm³/mol. The Morgan fingerprint density at radius 2 is 1.94 bits per heavy atom. The van der Waals surface area contributed by atoms with Gasteiger partial charge in [-0.15, -0.1) is 0 Å². The van der Waals surface area contributed by atoms with Gasteiger partial charge in [0.2, 0.25) is 0 Å². The number of likely N-dealkylation sites (N-methyl/N-ethyl adjacent to an activating group) is 1. The molecule has 1 rings (SSSR count). The first-order valence-electron chi connectivity index (χ1n) is 6.52. The van der Waals surface area contributed by atoms with Crippen LogP contribution in [0.1, 0.15) is 33.1 Å². The summed E-state index contributed by atoms with van der Waals surface area (Å²) in [4.78, 5) is 2.30. The Morgan fingerprint density at radius 1 is 1.31 bits per heavy atom. The van der Waals surface area contributed by atoms with E-state index in [1.54, 1.807) is 0 Å². The van der Waals surface area contributed by atoms with Gasteiger partial charge in [-0.25, -0.2) is 0 Å². The average molecular weight is 228 g/mol. The molecule has 0 radical (unpaired) electrons. The maximum Gasteiger partial charge on any atom is 0.0471 e. The second-order valence-corrected chi connectivity index (χ2v) is 5.58. The summed E-state index contributed by atoms with van der Waals surface area (Å²) in [6.45, 7) is 8.72. The highest BCUT2D eigenvalue weighted by atomic mass is 16.5. The fourth-order valence-corrected chi connectivity index (χ4v) is 2.27. The molecule has 0 aromatic heterocycles. The van der Waals surface area contributed by atoms with Gasteiger partial charge in [-0.2, -0.15) is 0 Å². The summed E-state index contributed by atoms with van der Waals surface area (Å²) >= 11 is 0. The Balaban J connectivity index is 2.22. The molecule has 0 aromatic carbocycles. The van der Waals surface area contributed by atoms with Crippen molar-refractivity contribution < 1.29 is 4.74 Å². The van der Waals surface area contributed by atoms with Gasteiger partial charge in [-0.05, 0) is 38.8 Å². The van der Waals surface area contributed by atoms with Gasteiger partial charge in [-0.3, -0.25) is 0 Å². The van der Waals surface area contributed by atoms with Crippen LogP contribution in [0.4, 0.5) is 0 Å². The first-order chi connectivity index (χ1) is 7.57. The second kappa shape index (κ2) is 6.58. The summed E-state index contributed by atoms with van der Waals surface area (Å²) in [5, 5.41) is 3.63. The highest BCUT2D eigenvalue weighted by Crippen LogP contribution is 2.28. The molecule has 0 aromatic rings. The zero-order valence-corrected chi connectivity index (χ0v) is 11.4. The molecular weight excluding hydrogens is 200 g/mol. The number of nitrogens with one attached hydrogen (secondary N) is 1. The smallest absolute Gasteiger partial charge is 0.0471 e. The Kier molecular flexibility index (Phi) is 5.73. The Bertz CT molecular complexity index is 188. The van der Waals surface area contributed by atoms with E-state index in [2.05, 4.69) is 38.2 Å². The van der Waals surface area contributed by atoms with Crippen LogP contribution in [-0.4, -0.2) is 51.3 Å². The quantitative estimate of drug-likeness (QED) is 0.749. The van der Waals surface area contributed by atoms with Gasteiger partial charge >= 0.3 is 0 Å². The van der Waals surface area contributed by atoms with Crippen LogP contribution in [0.15, 0.2) is 0 Å². The van der Waals surface area contributed by atoms with Crippen molar-refractivity contribution >= 4 is 0 Å². The molecule has 0 saturated carbocycles. The summed E-state index contributed by atoms with van der Waals surface area (Å²) in [5.74, 6) is 0. The minimum Gasteiger partial charge on any atom is -0.381 e. The topological polar surface area (TPSA) is 24.5 Å². The van der Waals surface area contributed by atoms with E-state index >= 15 is 0 Å². The van der Waals surface area contributed by atoms with Crippen LogP contribution in [0.5, 0.6) is 0 Å². The van der Waals surface area contributed by atoms with Crippen molar-refractivity contribution in [3.8, 4) is 0 Å². The lowest BCUT2D eigenvalue weighted by Gasteiger charge is -2.34. The first kappa shape index (κ1) is 13.9. The number of ether oxygens (including phenoxy) is 1.